The normalized spacial score (nSPS) is 10.1. The molecule has 0 saturated heterocycles. The molecule has 126 valence electrons. The van der Waals surface area contributed by atoms with Crippen LogP contribution in [0.1, 0.15) is 16.8 Å². The van der Waals surface area contributed by atoms with E-state index in [0.717, 1.165) is 0 Å². The van der Waals surface area contributed by atoms with Crippen LogP contribution in [0.2, 0.25) is 5.02 Å². The number of halogens is 1. The number of methoxy groups -OCH3 is 1. The predicted molar refractivity (Wildman–Crippen MR) is 91.9 cm³/mol. The summed E-state index contributed by atoms with van der Waals surface area (Å²) in [6.45, 7) is 0.129. The zero-order valence-corrected chi connectivity index (χ0v) is 14.0. The summed E-state index contributed by atoms with van der Waals surface area (Å²) < 4.78 is 10.5. The van der Waals surface area contributed by atoms with Crippen LogP contribution in [0, 0.1) is 0 Å². The van der Waals surface area contributed by atoms with Crippen molar-refractivity contribution in [1.82, 2.24) is 5.32 Å². The number of hydrogen-bond donors (Lipinski definition) is 1. The van der Waals surface area contributed by atoms with Crippen molar-refractivity contribution in [2.75, 3.05) is 20.3 Å². The highest BCUT2D eigenvalue weighted by molar-refractivity contribution is 6.32. The Morgan fingerprint density at radius 1 is 1.08 bits per heavy atom. The Bertz CT molecular complexity index is 700. The number of rotatable bonds is 8. The minimum absolute atomic E-state index is 0.0583. The third-order valence-electron chi connectivity index (χ3n) is 3.28. The Morgan fingerprint density at radius 2 is 1.79 bits per heavy atom. The molecule has 0 saturated carbocycles. The van der Waals surface area contributed by atoms with Crippen LogP contribution >= 0.6 is 11.6 Å². The van der Waals surface area contributed by atoms with Gasteiger partial charge in [0.1, 0.15) is 11.5 Å². The molecule has 0 spiro atoms. The van der Waals surface area contributed by atoms with E-state index in [1.807, 2.05) is 0 Å². The summed E-state index contributed by atoms with van der Waals surface area (Å²) in [5.74, 6) is 0.774. The number of amides is 1. The molecule has 0 aliphatic rings. The minimum atomic E-state index is -0.260. The maximum atomic E-state index is 12.0. The summed E-state index contributed by atoms with van der Waals surface area (Å²) in [5, 5.41) is 3.07. The molecule has 0 aromatic heterocycles. The van der Waals surface area contributed by atoms with Gasteiger partial charge in [-0.3, -0.25) is 9.59 Å². The van der Waals surface area contributed by atoms with Gasteiger partial charge < -0.3 is 14.8 Å². The van der Waals surface area contributed by atoms with Crippen LogP contribution in [0.5, 0.6) is 11.5 Å². The molecule has 2 aromatic rings. The molecule has 0 heterocycles. The molecule has 6 heteroatoms. The molecule has 2 rings (SSSR count). The minimum Gasteiger partial charge on any atom is -0.497 e. The van der Waals surface area contributed by atoms with E-state index in [2.05, 4.69) is 5.32 Å². The zero-order valence-electron chi connectivity index (χ0n) is 13.3. The number of carbonyl (C=O) groups excluding carboxylic acids is 2. The van der Waals surface area contributed by atoms with Gasteiger partial charge in [0, 0.05) is 5.56 Å². The molecule has 0 bridgehead atoms. The Morgan fingerprint density at radius 3 is 2.46 bits per heavy atom. The summed E-state index contributed by atoms with van der Waals surface area (Å²) in [5.41, 5.74) is 0.517. The lowest BCUT2D eigenvalue weighted by Gasteiger charge is -2.08. The van der Waals surface area contributed by atoms with Gasteiger partial charge in [-0.15, -0.1) is 0 Å². The average molecular weight is 348 g/mol. The fourth-order valence-corrected chi connectivity index (χ4v) is 2.15. The van der Waals surface area contributed by atoms with Crippen LogP contribution in [0.15, 0.2) is 48.5 Å². The molecule has 0 radical (unpaired) electrons. The highest BCUT2D eigenvalue weighted by Crippen LogP contribution is 2.23. The van der Waals surface area contributed by atoms with E-state index in [1.165, 1.54) is 0 Å². The summed E-state index contributed by atoms with van der Waals surface area (Å²) in [7, 11) is 1.56. The second-order valence-electron chi connectivity index (χ2n) is 4.96. The lowest BCUT2D eigenvalue weighted by Crippen LogP contribution is -2.30. The fraction of sp³-hybridized carbons (Fsp3) is 0.222. The average Bonchev–Trinajstić information content (AvgIpc) is 2.61. The summed E-state index contributed by atoms with van der Waals surface area (Å²) in [6.07, 6.45) is 0.140. The van der Waals surface area contributed by atoms with E-state index in [9.17, 15) is 9.59 Å². The standard InChI is InChI=1S/C18H18ClNO4/c1-23-14-8-6-13(7-9-14)16(21)12-20-18(22)10-11-24-17-5-3-2-4-15(17)19/h2-9H,10-12H2,1H3,(H,20,22). The first-order valence-electron chi connectivity index (χ1n) is 7.41. The maximum Gasteiger partial charge on any atom is 0.223 e. The van der Waals surface area contributed by atoms with Gasteiger partial charge in [-0.05, 0) is 36.4 Å². The summed E-state index contributed by atoms with van der Waals surface area (Å²) in [4.78, 5) is 23.7. The van der Waals surface area contributed by atoms with Gasteiger partial charge in [-0.2, -0.15) is 0 Å². The Labute approximate surface area is 145 Å². The second-order valence-corrected chi connectivity index (χ2v) is 5.36. The third-order valence-corrected chi connectivity index (χ3v) is 3.59. The van der Waals surface area contributed by atoms with E-state index < -0.39 is 0 Å². The molecule has 0 fully saturated rings. The first kappa shape index (κ1) is 17.8. The van der Waals surface area contributed by atoms with E-state index in [4.69, 9.17) is 21.1 Å². The molecular weight excluding hydrogens is 330 g/mol. The van der Waals surface area contributed by atoms with Crippen LogP contribution in [0.25, 0.3) is 0 Å². The van der Waals surface area contributed by atoms with Crippen molar-refractivity contribution in [2.24, 2.45) is 0 Å². The van der Waals surface area contributed by atoms with E-state index in [1.54, 1.807) is 55.6 Å². The molecule has 0 unspecified atom stereocenters. The number of ether oxygens (including phenoxy) is 2. The zero-order chi connectivity index (χ0) is 17.4. The Balaban J connectivity index is 1.72. The van der Waals surface area contributed by atoms with Crippen LogP contribution in [-0.4, -0.2) is 32.0 Å². The molecule has 24 heavy (non-hydrogen) atoms. The molecule has 1 N–H and O–H groups in total. The van der Waals surface area contributed by atoms with Crippen molar-refractivity contribution in [3.8, 4) is 11.5 Å². The quantitative estimate of drug-likeness (QED) is 0.745. The topological polar surface area (TPSA) is 64.6 Å². The SMILES string of the molecule is COc1ccc(C(=O)CNC(=O)CCOc2ccccc2Cl)cc1. The Kier molecular flexibility index (Phi) is 6.63. The molecule has 0 aliphatic heterocycles. The molecule has 2 aromatic carbocycles. The molecule has 0 aliphatic carbocycles. The number of benzene rings is 2. The van der Waals surface area contributed by atoms with E-state index in [-0.39, 0.29) is 31.3 Å². The lowest BCUT2D eigenvalue weighted by atomic mass is 10.1. The highest BCUT2D eigenvalue weighted by Gasteiger charge is 2.09. The monoisotopic (exact) mass is 347 g/mol. The largest absolute Gasteiger partial charge is 0.497 e. The fourth-order valence-electron chi connectivity index (χ4n) is 1.96. The molecular formula is C18H18ClNO4. The smallest absolute Gasteiger partial charge is 0.223 e. The summed E-state index contributed by atoms with van der Waals surface area (Å²) in [6, 6.07) is 13.8. The first-order valence-corrected chi connectivity index (χ1v) is 7.79. The van der Waals surface area contributed by atoms with Crippen LogP contribution in [0.4, 0.5) is 0 Å². The highest BCUT2D eigenvalue weighted by atomic mass is 35.5. The number of hydrogen-bond acceptors (Lipinski definition) is 4. The van der Waals surface area contributed by atoms with Gasteiger partial charge in [-0.25, -0.2) is 0 Å². The van der Waals surface area contributed by atoms with E-state index >= 15 is 0 Å². The predicted octanol–water partition coefficient (Wildman–Crippen LogP) is 3.12. The van der Waals surface area contributed by atoms with Crippen molar-refractivity contribution in [2.45, 2.75) is 6.42 Å². The molecule has 5 nitrogen and oxygen atoms in total. The van der Waals surface area contributed by atoms with Gasteiger partial charge in [0.15, 0.2) is 5.78 Å². The number of nitrogens with one attached hydrogen (secondary N) is 1. The lowest BCUT2D eigenvalue weighted by molar-refractivity contribution is -0.121. The molecule has 1 amide bonds. The molecule has 0 atom stereocenters. The second kappa shape index (κ2) is 8.93. The number of Topliss-reactive ketones (excluding diaryl/α,β-unsaturated/α-hetero) is 1. The summed E-state index contributed by atoms with van der Waals surface area (Å²) >= 11 is 5.95. The van der Waals surface area contributed by atoms with Crippen molar-refractivity contribution >= 4 is 23.3 Å². The third kappa shape index (κ3) is 5.28. The maximum absolute atomic E-state index is 12.0. The van der Waals surface area contributed by atoms with Gasteiger partial charge in [-0.1, -0.05) is 23.7 Å². The number of ketones is 1. The Hall–Kier alpha value is -2.53. The number of carbonyl (C=O) groups is 2. The van der Waals surface area contributed by atoms with Crippen LogP contribution in [0.3, 0.4) is 0 Å². The van der Waals surface area contributed by atoms with Gasteiger partial charge in [0.05, 0.1) is 31.7 Å². The first-order chi connectivity index (χ1) is 11.6. The van der Waals surface area contributed by atoms with Crippen LogP contribution < -0.4 is 14.8 Å². The number of para-hydroxylation sites is 1. The van der Waals surface area contributed by atoms with Crippen molar-refractivity contribution in [3.05, 3.63) is 59.1 Å². The van der Waals surface area contributed by atoms with Crippen molar-refractivity contribution in [3.63, 3.8) is 0 Å². The van der Waals surface area contributed by atoms with E-state index in [0.29, 0.717) is 22.1 Å². The van der Waals surface area contributed by atoms with Crippen molar-refractivity contribution in [1.29, 1.82) is 0 Å². The van der Waals surface area contributed by atoms with Gasteiger partial charge in [0.2, 0.25) is 5.91 Å². The van der Waals surface area contributed by atoms with Gasteiger partial charge in [0.25, 0.3) is 0 Å². The van der Waals surface area contributed by atoms with Gasteiger partial charge >= 0.3 is 0 Å². The van der Waals surface area contributed by atoms with Crippen molar-refractivity contribution < 1.29 is 19.1 Å². The van der Waals surface area contributed by atoms with Crippen LogP contribution in [-0.2, 0) is 4.79 Å².